The van der Waals surface area contributed by atoms with Crippen molar-refractivity contribution in [2.24, 2.45) is 5.92 Å². The number of carboxylic acids is 1. The molecule has 0 bridgehead atoms. The molecule has 0 aliphatic carbocycles. The van der Waals surface area contributed by atoms with Gasteiger partial charge in [0, 0.05) is 20.6 Å². The van der Waals surface area contributed by atoms with Crippen LogP contribution in [-0.2, 0) is 4.79 Å². The van der Waals surface area contributed by atoms with E-state index in [1.165, 1.54) is 0 Å². The lowest BCUT2D eigenvalue weighted by Crippen LogP contribution is -2.19. The third-order valence-electron chi connectivity index (χ3n) is 2.24. The zero-order valence-electron chi connectivity index (χ0n) is 9.77. The Labute approximate surface area is 95.1 Å². The molecule has 1 heterocycles. The van der Waals surface area contributed by atoms with Crippen molar-refractivity contribution in [3.05, 3.63) is 18.3 Å². The van der Waals surface area contributed by atoms with Crippen LogP contribution in [0.15, 0.2) is 18.3 Å². The molecule has 0 aliphatic heterocycles. The van der Waals surface area contributed by atoms with Crippen LogP contribution in [-0.4, -0.2) is 36.7 Å². The first-order valence-corrected chi connectivity index (χ1v) is 5.10. The second-order valence-electron chi connectivity index (χ2n) is 3.92. The molecule has 16 heavy (non-hydrogen) atoms. The molecule has 1 rings (SSSR count). The fraction of sp³-hybridized carbons (Fsp3) is 0.455. The number of pyridine rings is 1. The summed E-state index contributed by atoms with van der Waals surface area (Å²) in [5.41, 5.74) is 0.832. The Morgan fingerprint density at radius 2 is 2.25 bits per heavy atom. The van der Waals surface area contributed by atoms with Gasteiger partial charge in [-0.1, -0.05) is 6.92 Å². The highest BCUT2D eigenvalue weighted by Gasteiger charge is 2.09. The number of carbonyl (C=O) groups is 1. The van der Waals surface area contributed by atoms with Gasteiger partial charge in [0.25, 0.3) is 0 Å². The Kier molecular flexibility index (Phi) is 4.10. The molecule has 0 saturated carbocycles. The molecular weight excluding hydrogens is 206 g/mol. The zero-order valence-corrected chi connectivity index (χ0v) is 9.77. The van der Waals surface area contributed by atoms with Crippen molar-refractivity contribution in [1.29, 1.82) is 0 Å². The van der Waals surface area contributed by atoms with Gasteiger partial charge in [-0.3, -0.25) is 4.79 Å². The normalized spacial score (nSPS) is 11.9. The monoisotopic (exact) mass is 223 g/mol. The van der Waals surface area contributed by atoms with Gasteiger partial charge in [0.1, 0.15) is 5.82 Å². The summed E-state index contributed by atoms with van der Waals surface area (Å²) in [7, 11) is 3.84. The van der Waals surface area contributed by atoms with Crippen LogP contribution >= 0.6 is 0 Å². The highest BCUT2D eigenvalue weighted by atomic mass is 16.4. The van der Waals surface area contributed by atoms with E-state index in [9.17, 15) is 4.79 Å². The van der Waals surface area contributed by atoms with Crippen LogP contribution in [0.25, 0.3) is 0 Å². The van der Waals surface area contributed by atoms with Gasteiger partial charge in [0.2, 0.25) is 0 Å². The highest BCUT2D eigenvalue weighted by Crippen LogP contribution is 2.12. The van der Waals surface area contributed by atoms with E-state index in [-0.39, 0.29) is 0 Å². The second-order valence-corrected chi connectivity index (χ2v) is 3.92. The molecule has 0 saturated heterocycles. The Hall–Kier alpha value is -1.78. The van der Waals surface area contributed by atoms with Crippen molar-refractivity contribution in [3.63, 3.8) is 0 Å². The van der Waals surface area contributed by atoms with Crippen LogP contribution in [0.2, 0.25) is 0 Å². The van der Waals surface area contributed by atoms with Gasteiger partial charge in [-0.25, -0.2) is 4.98 Å². The topological polar surface area (TPSA) is 65.5 Å². The van der Waals surface area contributed by atoms with Gasteiger partial charge in [-0.15, -0.1) is 0 Å². The number of carboxylic acid groups (broad SMARTS) is 1. The molecule has 1 aromatic heterocycles. The van der Waals surface area contributed by atoms with Crippen LogP contribution in [0.4, 0.5) is 11.5 Å². The molecule has 5 nitrogen and oxygen atoms in total. The molecule has 0 amide bonds. The summed E-state index contributed by atoms with van der Waals surface area (Å²) < 4.78 is 0. The Balaban J connectivity index is 2.52. The summed E-state index contributed by atoms with van der Waals surface area (Å²) in [5, 5.41) is 11.7. The maximum Gasteiger partial charge on any atom is 0.308 e. The third-order valence-corrected chi connectivity index (χ3v) is 2.24. The highest BCUT2D eigenvalue weighted by molar-refractivity contribution is 5.70. The van der Waals surface area contributed by atoms with Gasteiger partial charge in [-0.05, 0) is 12.1 Å². The van der Waals surface area contributed by atoms with Crippen molar-refractivity contribution in [2.45, 2.75) is 6.92 Å². The van der Waals surface area contributed by atoms with E-state index in [1.807, 2.05) is 31.1 Å². The number of nitrogens with one attached hydrogen (secondary N) is 1. The SMILES string of the molecule is CC(CNc1ccc(N(C)C)nc1)C(=O)O. The minimum absolute atomic E-state index is 0.401. The first-order chi connectivity index (χ1) is 7.50. The molecule has 0 aromatic carbocycles. The van der Waals surface area contributed by atoms with Crippen LogP contribution in [0.5, 0.6) is 0 Å². The fourth-order valence-corrected chi connectivity index (χ4v) is 1.11. The second kappa shape index (κ2) is 5.34. The van der Waals surface area contributed by atoms with Crippen LogP contribution < -0.4 is 10.2 Å². The number of anilines is 2. The molecule has 1 aromatic rings. The average Bonchev–Trinajstić information content (AvgIpc) is 2.26. The minimum Gasteiger partial charge on any atom is -0.481 e. The van der Waals surface area contributed by atoms with Gasteiger partial charge in [0.05, 0.1) is 17.8 Å². The molecule has 1 unspecified atom stereocenters. The predicted molar refractivity (Wildman–Crippen MR) is 63.9 cm³/mol. The number of aromatic nitrogens is 1. The van der Waals surface area contributed by atoms with Crippen LogP contribution in [0, 0.1) is 5.92 Å². The maximum absolute atomic E-state index is 10.6. The molecular formula is C11H17N3O2. The zero-order chi connectivity index (χ0) is 12.1. The van der Waals surface area contributed by atoms with Crippen molar-refractivity contribution in [2.75, 3.05) is 30.9 Å². The summed E-state index contributed by atoms with van der Waals surface area (Å²) in [4.78, 5) is 16.7. The molecule has 88 valence electrons. The summed E-state index contributed by atoms with van der Waals surface area (Å²) in [6.07, 6.45) is 1.70. The molecule has 0 radical (unpaired) electrons. The predicted octanol–water partition coefficient (Wildman–Crippen LogP) is 1.28. The number of nitrogens with zero attached hydrogens (tertiary/aromatic N) is 2. The van der Waals surface area contributed by atoms with Gasteiger partial charge < -0.3 is 15.3 Å². The summed E-state index contributed by atoms with van der Waals surface area (Å²) >= 11 is 0. The summed E-state index contributed by atoms with van der Waals surface area (Å²) in [6.45, 7) is 2.06. The van der Waals surface area contributed by atoms with E-state index < -0.39 is 11.9 Å². The third kappa shape index (κ3) is 3.42. The van der Waals surface area contributed by atoms with Gasteiger partial charge in [0.15, 0.2) is 0 Å². The van der Waals surface area contributed by atoms with E-state index >= 15 is 0 Å². The van der Waals surface area contributed by atoms with E-state index in [1.54, 1.807) is 13.1 Å². The molecule has 2 N–H and O–H groups in total. The largest absolute Gasteiger partial charge is 0.481 e. The van der Waals surface area contributed by atoms with E-state index in [2.05, 4.69) is 10.3 Å². The van der Waals surface area contributed by atoms with Crippen LogP contribution in [0.1, 0.15) is 6.92 Å². The van der Waals surface area contributed by atoms with Crippen molar-refractivity contribution in [3.8, 4) is 0 Å². The van der Waals surface area contributed by atoms with Gasteiger partial charge in [-0.2, -0.15) is 0 Å². The lowest BCUT2D eigenvalue weighted by molar-refractivity contribution is -0.140. The average molecular weight is 223 g/mol. The number of hydrogen-bond donors (Lipinski definition) is 2. The van der Waals surface area contributed by atoms with E-state index in [0.717, 1.165) is 11.5 Å². The summed E-state index contributed by atoms with van der Waals surface area (Å²) in [5.74, 6) is -0.337. The first-order valence-electron chi connectivity index (χ1n) is 5.10. The van der Waals surface area contributed by atoms with E-state index in [4.69, 9.17) is 5.11 Å². The number of aliphatic carboxylic acids is 1. The standard InChI is InChI=1S/C11H17N3O2/c1-8(11(15)16)6-12-9-4-5-10(13-7-9)14(2)3/h4-5,7-8,12H,6H2,1-3H3,(H,15,16). The first kappa shape index (κ1) is 12.3. The van der Waals surface area contributed by atoms with Gasteiger partial charge >= 0.3 is 5.97 Å². The molecule has 1 atom stereocenters. The van der Waals surface area contributed by atoms with Crippen LogP contribution in [0.3, 0.4) is 0 Å². The van der Waals surface area contributed by atoms with Crippen molar-refractivity contribution >= 4 is 17.5 Å². The molecule has 0 spiro atoms. The minimum atomic E-state index is -0.801. The smallest absolute Gasteiger partial charge is 0.308 e. The molecule has 0 fully saturated rings. The maximum atomic E-state index is 10.6. The quantitative estimate of drug-likeness (QED) is 0.787. The number of rotatable bonds is 5. The lowest BCUT2D eigenvalue weighted by Gasteiger charge is -2.13. The molecule has 5 heteroatoms. The van der Waals surface area contributed by atoms with Crippen molar-refractivity contribution < 1.29 is 9.90 Å². The van der Waals surface area contributed by atoms with E-state index in [0.29, 0.717) is 6.54 Å². The fourth-order valence-electron chi connectivity index (χ4n) is 1.11. The Bertz CT molecular complexity index is 349. The Morgan fingerprint density at radius 1 is 1.56 bits per heavy atom. The molecule has 0 aliphatic rings. The lowest BCUT2D eigenvalue weighted by atomic mass is 10.2. The number of hydrogen-bond acceptors (Lipinski definition) is 4. The van der Waals surface area contributed by atoms with Crippen molar-refractivity contribution in [1.82, 2.24) is 4.98 Å². The Morgan fingerprint density at radius 3 is 2.69 bits per heavy atom. The summed E-state index contributed by atoms with van der Waals surface area (Å²) in [6, 6.07) is 3.77.